The van der Waals surface area contributed by atoms with Gasteiger partial charge >= 0.3 is 12.1 Å². The molecule has 0 radical (unpaired) electrons. The molecule has 7 nitrogen and oxygen atoms in total. The second-order valence-corrected chi connectivity index (χ2v) is 2.88. The van der Waals surface area contributed by atoms with Crippen molar-refractivity contribution >= 4 is 29.6 Å². The molecule has 0 aliphatic carbocycles. The number of rotatable bonds is 6. The first kappa shape index (κ1) is 14.5. The number of hydrogen-bond donors (Lipinski definition) is 2. The first-order valence-corrected chi connectivity index (χ1v) is 4.98. The average Bonchev–Trinajstić information content (AvgIpc) is 2.16. The SMILES string of the molecule is CCOC(=O)[C@H](CC(N)=O)NC(=O)OCCl. The molecule has 0 aromatic carbocycles. The summed E-state index contributed by atoms with van der Waals surface area (Å²) < 4.78 is 8.97. The Labute approximate surface area is 97.2 Å². The first-order chi connectivity index (χ1) is 7.51. The van der Waals surface area contributed by atoms with Crippen LogP contribution in [0.15, 0.2) is 0 Å². The highest BCUT2D eigenvalue weighted by Crippen LogP contribution is 1.97. The van der Waals surface area contributed by atoms with Crippen molar-refractivity contribution in [3.63, 3.8) is 0 Å². The fourth-order valence-electron chi connectivity index (χ4n) is 0.871. The maximum Gasteiger partial charge on any atom is 0.409 e. The molecule has 0 rings (SSSR count). The third-order valence-electron chi connectivity index (χ3n) is 1.45. The Morgan fingerprint density at radius 3 is 2.44 bits per heavy atom. The minimum Gasteiger partial charge on any atom is -0.464 e. The largest absolute Gasteiger partial charge is 0.464 e. The zero-order valence-corrected chi connectivity index (χ0v) is 9.45. The fraction of sp³-hybridized carbons (Fsp3) is 0.625. The van der Waals surface area contributed by atoms with Gasteiger partial charge in [-0.3, -0.25) is 4.79 Å². The Morgan fingerprint density at radius 2 is 2.00 bits per heavy atom. The molecular weight excluding hydrogens is 240 g/mol. The van der Waals surface area contributed by atoms with Gasteiger partial charge in [0.05, 0.1) is 13.0 Å². The van der Waals surface area contributed by atoms with Crippen LogP contribution in [0.5, 0.6) is 0 Å². The molecule has 0 saturated heterocycles. The molecular formula is C8H13ClN2O5. The van der Waals surface area contributed by atoms with Gasteiger partial charge in [0.25, 0.3) is 0 Å². The van der Waals surface area contributed by atoms with Crippen LogP contribution in [0.3, 0.4) is 0 Å². The summed E-state index contributed by atoms with van der Waals surface area (Å²) in [6.45, 7) is 1.72. The number of primary amides is 1. The fourth-order valence-corrected chi connectivity index (χ4v) is 0.970. The maximum atomic E-state index is 11.3. The molecule has 0 aliphatic heterocycles. The molecule has 0 unspecified atom stereocenters. The lowest BCUT2D eigenvalue weighted by Gasteiger charge is -2.14. The monoisotopic (exact) mass is 252 g/mol. The van der Waals surface area contributed by atoms with Crippen molar-refractivity contribution in [2.75, 3.05) is 12.7 Å². The maximum absolute atomic E-state index is 11.3. The zero-order valence-electron chi connectivity index (χ0n) is 8.70. The zero-order chi connectivity index (χ0) is 12.6. The van der Waals surface area contributed by atoms with E-state index in [9.17, 15) is 14.4 Å². The van der Waals surface area contributed by atoms with E-state index in [4.69, 9.17) is 17.3 Å². The highest BCUT2D eigenvalue weighted by Gasteiger charge is 2.24. The third-order valence-corrected chi connectivity index (χ3v) is 1.56. The van der Waals surface area contributed by atoms with Gasteiger partial charge in [0.15, 0.2) is 6.07 Å². The number of nitrogens with two attached hydrogens (primary N) is 1. The standard InChI is InChI=1S/C8H13ClN2O5/c1-2-15-7(13)5(3-6(10)12)11-8(14)16-4-9/h5H,2-4H2,1H3,(H2,10,12)(H,11,14)/t5-/m0/s1. The van der Waals surface area contributed by atoms with E-state index < -0.39 is 24.0 Å². The molecule has 0 bridgehead atoms. The molecule has 0 aliphatic rings. The molecule has 3 N–H and O–H groups in total. The molecule has 0 heterocycles. The predicted octanol–water partition coefficient (Wildman–Crippen LogP) is -0.284. The van der Waals surface area contributed by atoms with Gasteiger partial charge in [0.2, 0.25) is 5.91 Å². The number of amides is 2. The van der Waals surface area contributed by atoms with Gasteiger partial charge in [0.1, 0.15) is 6.04 Å². The normalized spacial score (nSPS) is 11.4. The smallest absolute Gasteiger partial charge is 0.409 e. The summed E-state index contributed by atoms with van der Waals surface area (Å²) in [4.78, 5) is 32.9. The van der Waals surface area contributed by atoms with E-state index in [0.717, 1.165) is 0 Å². The number of ether oxygens (including phenoxy) is 2. The van der Waals surface area contributed by atoms with E-state index in [0.29, 0.717) is 0 Å². The highest BCUT2D eigenvalue weighted by molar-refractivity contribution is 6.17. The first-order valence-electron chi connectivity index (χ1n) is 4.45. The lowest BCUT2D eigenvalue weighted by Crippen LogP contribution is -2.44. The van der Waals surface area contributed by atoms with Gasteiger partial charge in [0, 0.05) is 0 Å². The molecule has 0 spiro atoms. The second-order valence-electron chi connectivity index (χ2n) is 2.66. The number of alkyl halides is 1. The van der Waals surface area contributed by atoms with Crippen molar-refractivity contribution < 1.29 is 23.9 Å². The van der Waals surface area contributed by atoms with Crippen molar-refractivity contribution in [1.82, 2.24) is 5.32 Å². The van der Waals surface area contributed by atoms with Crippen LogP contribution in [0.2, 0.25) is 0 Å². The third kappa shape index (κ3) is 6.07. The highest BCUT2D eigenvalue weighted by atomic mass is 35.5. The van der Waals surface area contributed by atoms with Gasteiger partial charge in [-0.15, -0.1) is 0 Å². The van der Waals surface area contributed by atoms with Crippen molar-refractivity contribution in [3.05, 3.63) is 0 Å². The Balaban J connectivity index is 4.36. The number of hydrogen-bond acceptors (Lipinski definition) is 5. The number of carbonyl (C=O) groups excluding carboxylic acids is 3. The van der Waals surface area contributed by atoms with Crippen LogP contribution in [-0.2, 0) is 19.1 Å². The summed E-state index contributed by atoms with van der Waals surface area (Å²) in [5.41, 5.74) is 4.91. The Bertz CT molecular complexity index is 271. The van der Waals surface area contributed by atoms with E-state index in [1.807, 2.05) is 0 Å². The molecule has 0 fully saturated rings. The Hall–Kier alpha value is -1.50. The topological polar surface area (TPSA) is 108 Å². The second kappa shape index (κ2) is 7.75. The van der Waals surface area contributed by atoms with Crippen LogP contribution in [0.1, 0.15) is 13.3 Å². The molecule has 92 valence electrons. The predicted molar refractivity (Wildman–Crippen MR) is 54.6 cm³/mol. The van der Waals surface area contributed by atoms with Gasteiger partial charge in [-0.05, 0) is 6.92 Å². The Morgan fingerprint density at radius 1 is 1.38 bits per heavy atom. The molecule has 8 heteroatoms. The lowest BCUT2D eigenvalue weighted by molar-refractivity contribution is -0.146. The average molecular weight is 253 g/mol. The van der Waals surface area contributed by atoms with E-state index in [2.05, 4.69) is 14.8 Å². The van der Waals surface area contributed by atoms with Gasteiger partial charge in [-0.2, -0.15) is 0 Å². The quantitative estimate of drug-likeness (QED) is 0.499. The van der Waals surface area contributed by atoms with Crippen LogP contribution in [-0.4, -0.2) is 36.7 Å². The van der Waals surface area contributed by atoms with Crippen molar-refractivity contribution in [3.8, 4) is 0 Å². The molecule has 2 amide bonds. The summed E-state index contributed by atoms with van der Waals surface area (Å²) in [7, 11) is 0. The van der Waals surface area contributed by atoms with Gasteiger partial charge in [-0.1, -0.05) is 11.6 Å². The van der Waals surface area contributed by atoms with Crippen molar-refractivity contribution in [1.29, 1.82) is 0 Å². The molecule has 0 aromatic heterocycles. The van der Waals surface area contributed by atoms with E-state index >= 15 is 0 Å². The Kier molecular flexibility index (Phi) is 7.02. The van der Waals surface area contributed by atoms with Gasteiger partial charge in [-0.25, -0.2) is 9.59 Å². The molecule has 0 aromatic rings. The number of esters is 1. The number of alkyl carbamates (subject to hydrolysis) is 1. The minimum absolute atomic E-state index is 0.125. The summed E-state index contributed by atoms with van der Waals surface area (Å²) in [6.07, 6.45) is -1.29. The number of carbonyl (C=O) groups is 3. The van der Waals surface area contributed by atoms with E-state index in [1.54, 1.807) is 6.92 Å². The van der Waals surface area contributed by atoms with E-state index in [-0.39, 0.29) is 19.1 Å². The van der Waals surface area contributed by atoms with Crippen LogP contribution < -0.4 is 11.1 Å². The molecule has 0 saturated carbocycles. The van der Waals surface area contributed by atoms with E-state index in [1.165, 1.54) is 0 Å². The summed E-state index contributed by atoms with van der Waals surface area (Å²) in [6, 6.07) is -1.52. The van der Waals surface area contributed by atoms with Crippen LogP contribution >= 0.6 is 11.6 Å². The molecule has 16 heavy (non-hydrogen) atoms. The summed E-state index contributed by atoms with van der Waals surface area (Å²) in [5.74, 6) is -1.50. The number of halogens is 1. The van der Waals surface area contributed by atoms with Crippen LogP contribution in [0.4, 0.5) is 4.79 Å². The number of nitrogens with one attached hydrogen (secondary N) is 1. The van der Waals surface area contributed by atoms with Gasteiger partial charge < -0.3 is 20.5 Å². The lowest BCUT2D eigenvalue weighted by atomic mass is 10.2. The van der Waals surface area contributed by atoms with Crippen LogP contribution in [0.25, 0.3) is 0 Å². The van der Waals surface area contributed by atoms with Crippen molar-refractivity contribution in [2.45, 2.75) is 19.4 Å². The minimum atomic E-state index is -1.16. The summed E-state index contributed by atoms with van der Waals surface area (Å²) in [5, 5.41) is 2.11. The molecule has 1 atom stereocenters. The van der Waals surface area contributed by atoms with Crippen molar-refractivity contribution in [2.24, 2.45) is 5.73 Å². The summed E-state index contributed by atoms with van der Waals surface area (Å²) >= 11 is 5.14. The van der Waals surface area contributed by atoms with Crippen LogP contribution in [0, 0.1) is 0 Å².